The molecule has 5 heteroatoms. The van der Waals surface area contributed by atoms with E-state index in [9.17, 15) is 4.57 Å². The van der Waals surface area contributed by atoms with E-state index in [-0.39, 0.29) is 12.1 Å². The lowest BCUT2D eigenvalue weighted by Crippen LogP contribution is -2.30. The van der Waals surface area contributed by atoms with Crippen LogP contribution in [0, 0.1) is 5.92 Å². The summed E-state index contributed by atoms with van der Waals surface area (Å²) < 4.78 is 10.4. The second-order valence-corrected chi connectivity index (χ2v) is 4.45. The van der Waals surface area contributed by atoms with E-state index in [1.54, 1.807) is 0 Å². The Morgan fingerprint density at radius 1 is 1.50 bits per heavy atom. The second kappa shape index (κ2) is 3.49. The summed E-state index contributed by atoms with van der Waals surface area (Å²) in [5.74, 6) is 0.118. The Morgan fingerprint density at radius 2 is 1.90 bits per heavy atom. The van der Waals surface area contributed by atoms with E-state index in [4.69, 9.17) is 15.5 Å². The van der Waals surface area contributed by atoms with Crippen LogP contribution < -0.4 is 5.73 Å². The summed E-state index contributed by atoms with van der Waals surface area (Å²) >= 11 is 0. The van der Waals surface area contributed by atoms with Crippen molar-refractivity contribution in [1.82, 2.24) is 0 Å². The van der Waals surface area contributed by atoms with Crippen molar-refractivity contribution < 1.29 is 14.4 Å². The van der Waals surface area contributed by atoms with Gasteiger partial charge < -0.3 is 15.5 Å². The van der Waals surface area contributed by atoms with Gasteiger partial charge in [0.15, 0.2) is 0 Å². The van der Waals surface area contributed by atoms with E-state index in [0.29, 0.717) is 0 Å². The van der Waals surface area contributed by atoms with Crippen LogP contribution in [0.2, 0.25) is 0 Å². The number of rotatable bonds is 3. The minimum atomic E-state index is -3.90. The smallest absolute Gasteiger partial charge is 0.327 e. The van der Waals surface area contributed by atoms with Crippen LogP contribution in [-0.4, -0.2) is 22.0 Å². The first-order chi connectivity index (χ1) is 4.33. The topological polar surface area (TPSA) is 83.6 Å². The Hall–Kier alpha value is 0.110. The second-order valence-electron chi connectivity index (χ2n) is 2.76. The third-order valence-corrected chi connectivity index (χ3v) is 2.20. The lowest BCUT2D eigenvalue weighted by molar-refractivity contribution is 0.361. The molecular weight excluding hydrogens is 153 g/mol. The van der Waals surface area contributed by atoms with Crippen molar-refractivity contribution in [2.24, 2.45) is 11.7 Å². The van der Waals surface area contributed by atoms with Crippen LogP contribution in [0.3, 0.4) is 0 Å². The van der Waals surface area contributed by atoms with Crippen molar-refractivity contribution in [1.29, 1.82) is 0 Å². The SMILES string of the molecule is CC(C)[C@H](N)CP(=O)(O)O. The van der Waals surface area contributed by atoms with E-state index in [2.05, 4.69) is 0 Å². The van der Waals surface area contributed by atoms with Gasteiger partial charge in [-0.05, 0) is 5.92 Å². The molecule has 0 aromatic heterocycles. The maximum atomic E-state index is 10.4. The minimum absolute atomic E-state index is 0.118. The monoisotopic (exact) mass is 167 g/mol. The molecule has 0 radical (unpaired) electrons. The molecule has 0 saturated heterocycles. The Labute approximate surface area is 60.6 Å². The van der Waals surface area contributed by atoms with Gasteiger partial charge in [-0.25, -0.2) is 0 Å². The van der Waals surface area contributed by atoms with E-state index in [0.717, 1.165) is 0 Å². The van der Waals surface area contributed by atoms with Crippen molar-refractivity contribution in [3.8, 4) is 0 Å². The molecular formula is C5H14NO3P. The van der Waals surface area contributed by atoms with E-state index in [1.807, 2.05) is 13.8 Å². The average molecular weight is 167 g/mol. The molecule has 0 amide bonds. The largest absolute Gasteiger partial charge is 0.327 e. The predicted octanol–water partition coefficient (Wildman–Crippen LogP) is 0.147. The van der Waals surface area contributed by atoms with E-state index in [1.165, 1.54) is 0 Å². The summed E-state index contributed by atoms with van der Waals surface area (Å²) in [6.45, 7) is 3.67. The molecule has 0 aliphatic rings. The fourth-order valence-electron chi connectivity index (χ4n) is 0.485. The van der Waals surface area contributed by atoms with Gasteiger partial charge in [0, 0.05) is 6.04 Å². The van der Waals surface area contributed by atoms with Crippen molar-refractivity contribution in [3.63, 3.8) is 0 Å². The molecule has 0 aromatic carbocycles. The molecule has 62 valence electrons. The molecule has 4 nitrogen and oxygen atoms in total. The Bertz CT molecular complexity index is 142. The maximum absolute atomic E-state index is 10.4. The zero-order valence-electron chi connectivity index (χ0n) is 6.19. The van der Waals surface area contributed by atoms with Crippen LogP contribution in [0.25, 0.3) is 0 Å². The molecule has 4 N–H and O–H groups in total. The molecule has 0 heterocycles. The number of nitrogens with two attached hydrogens (primary N) is 1. The van der Waals surface area contributed by atoms with Gasteiger partial charge in [-0.2, -0.15) is 0 Å². The van der Waals surface area contributed by atoms with Crippen LogP contribution in [-0.2, 0) is 4.57 Å². The van der Waals surface area contributed by atoms with Gasteiger partial charge in [-0.15, -0.1) is 0 Å². The average Bonchev–Trinajstić information content (AvgIpc) is 1.60. The van der Waals surface area contributed by atoms with Gasteiger partial charge in [0.2, 0.25) is 0 Å². The first-order valence-corrected chi connectivity index (χ1v) is 4.93. The minimum Gasteiger partial charge on any atom is -0.327 e. The third-order valence-electron chi connectivity index (χ3n) is 1.30. The first kappa shape index (κ1) is 10.1. The summed E-state index contributed by atoms with van der Waals surface area (Å²) in [4.78, 5) is 16.9. The zero-order chi connectivity index (χ0) is 8.36. The van der Waals surface area contributed by atoms with Crippen LogP contribution in [0.5, 0.6) is 0 Å². The molecule has 0 bridgehead atoms. The summed E-state index contributed by atoms with van der Waals surface area (Å²) in [7, 11) is -3.90. The number of hydrogen-bond donors (Lipinski definition) is 3. The Morgan fingerprint density at radius 3 is 2.00 bits per heavy atom. The van der Waals surface area contributed by atoms with Gasteiger partial charge >= 0.3 is 7.60 Å². The van der Waals surface area contributed by atoms with Gasteiger partial charge in [-0.1, -0.05) is 13.8 Å². The maximum Gasteiger partial charge on any atom is 0.327 e. The number of hydrogen-bond acceptors (Lipinski definition) is 2. The van der Waals surface area contributed by atoms with Gasteiger partial charge in [0.05, 0.1) is 6.16 Å². The highest BCUT2D eigenvalue weighted by atomic mass is 31.2. The fraction of sp³-hybridized carbons (Fsp3) is 1.00. The lowest BCUT2D eigenvalue weighted by Gasteiger charge is -2.15. The van der Waals surface area contributed by atoms with E-state index < -0.39 is 13.6 Å². The molecule has 1 atom stereocenters. The normalized spacial score (nSPS) is 15.8. The third kappa shape index (κ3) is 4.94. The summed E-state index contributed by atoms with van der Waals surface area (Å²) in [6, 6.07) is -0.402. The van der Waals surface area contributed by atoms with Gasteiger partial charge in [0.25, 0.3) is 0 Å². The lowest BCUT2D eigenvalue weighted by atomic mass is 10.1. The van der Waals surface area contributed by atoms with Crippen LogP contribution >= 0.6 is 7.60 Å². The van der Waals surface area contributed by atoms with Crippen molar-refractivity contribution in [2.45, 2.75) is 19.9 Å². The summed E-state index contributed by atoms with van der Waals surface area (Å²) in [5.41, 5.74) is 5.41. The molecule has 0 saturated carbocycles. The van der Waals surface area contributed by atoms with Gasteiger partial charge in [0.1, 0.15) is 0 Å². The predicted molar refractivity (Wildman–Crippen MR) is 39.7 cm³/mol. The highest BCUT2D eigenvalue weighted by molar-refractivity contribution is 7.51. The molecule has 0 spiro atoms. The quantitative estimate of drug-likeness (QED) is 0.522. The summed E-state index contributed by atoms with van der Waals surface area (Å²) in [5, 5.41) is 0. The van der Waals surface area contributed by atoms with Crippen LogP contribution in [0.4, 0.5) is 0 Å². The fourth-order valence-corrected chi connectivity index (χ4v) is 1.46. The van der Waals surface area contributed by atoms with Crippen molar-refractivity contribution in [3.05, 3.63) is 0 Å². The highest BCUT2D eigenvalue weighted by Gasteiger charge is 2.20. The van der Waals surface area contributed by atoms with Crippen molar-refractivity contribution in [2.75, 3.05) is 6.16 Å². The van der Waals surface area contributed by atoms with E-state index >= 15 is 0 Å². The molecule has 0 unspecified atom stereocenters. The molecule has 10 heavy (non-hydrogen) atoms. The van der Waals surface area contributed by atoms with Crippen molar-refractivity contribution >= 4 is 7.60 Å². The molecule has 0 aliphatic carbocycles. The molecule has 0 rings (SSSR count). The summed E-state index contributed by atoms with van der Waals surface area (Å²) in [6.07, 6.45) is -0.218. The van der Waals surface area contributed by atoms with Crippen LogP contribution in [0.15, 0.2) is 0 Å². The molecule has 0 aromatic rings. The molecule has 0 aliphatic heterocycles. The van der Waals surface area contributed by atoms with Crippen LogP contribution in [0.1, 0.15) is 13.8 Å². The zero-order valence-corrected chi connectivity index (χ0v) is 7.08. The molecule has 0 fully saturated rings. The first-order valence-electron chi connectivity index (χ1n) is 3.13. The Balaban J connectivity index is 3.80. The highest BCUT2D eigenvalue weighted by Crippen LogP contribution is 2.35. The van der Waals surface area contributed by atoms with Gasteiger partial charge in [-0.3, -0.25) is 4.57 Å². The standard InChI is InChI=1S/C5H14NO3P/c1-4(2)5(6)3-10(7,8)9/h4-5H,3,6H2,1-2H3,(H2,7,8,9)/t5-/m1/s1. The Kier molecular flexibility index (Phi) is 3.52.